The first kappa shape index (κ1) is 17.9. The second-order valence-electron chi connectivity index (χ2n) is 6.71. The zero-order valence-electron chi connectivity index (χ0n) is 14.3. The summed E-state index contributed by atoms with van der Waals surface area (Å²) in [5, 5.41) is 9.56. The Labute approximate surface area is 152 Å². The Morgan fingerprint density at radius 2 is 2.30 bits per heavy atom. The second-order valence-corrected chi connectivity index (χ2v) is 6.71. The molecule has 0 radical (unpaired) electrons. The molecule has 4 rings (SSSR count). The van der Waals surface area contributed by atoms with Gasteiger partial charge in [0.05, 0.1) is 18.4 Å². The molecule has 2 aromatic heterocycles. The molecule has 1 saturated heterocycles. The molecule has 146 valence electrons. The maximum absolute atomic E-state index is 13.6. The Morgan fingerprint density at radius 1 is 1.44 bits per heavy atom. The third-order valence-corrected chi connectivity index (χ3v) is 4.82. The lowest BCUT2D eigenvalue weighted by Gasteiger charge is -2.32. The zero-order chi connectivity index (χ0) is 19.0. The first-order chi connectivity index (χ1) is 12.9. The SMILES string of the molecule is O=C(NCC1CCCO1)c1cc2n(n1)C(C(F)(F)F)CC(c1ccco1)N2. The summed E-state index contributed by atoms with van der Waals surface area (Å²) in [6.07, 6.45) is -1.64. The number of ether oxygens (including phenoxy) is 1. The Morgan fingerprint density at radius 3 is 2.96 bits per heavy atom. The highest BCUT2D eigenvalue weighted by atomic mass is 19.4. The lowest BCUT2D eigenvalue weighted by atomic mass is 10.0. The van der Waals surface area contributed by atoms with Crippen LogP contribution in [0.4, 0.5) is 19.0 Å². The van der Waals surface area contributed by atoms with Crippen LogP contribution >= 0.6 is 0 Å². The molecule has 7 nitrogen and oxygen atoms in total. The molecule has 0 spiro atoms. The van der Waals surface area contributed by atoms with Gasteiger partial charge in [-0.3, -0.25) is 4.79 Å². The van der Waals surface area contributed by atoms with E-state index in [9.17, 15) is 18.0 Å². The fraction of sp³-hybridized carbons (Fsp3) is 0.529. The molecule has 10 heteroatoms. The molecule has 4 heterocycles. The smallest absolute Gasteiger partial charge is 0.410 e. The molecule has 2 aliphatic rings. The predicted octanol–water partition coefficient (Wildman–Crippen LogP) is 3.05. The van der Waals surface area contributed by atoms with Gasteiger partial charge >= 0.3 is 6.18 Å². The number of alkyl halides is 3. The van der Waals surface area contributed by atoms with Crippen molar-refractivity contribution in [2.75, 3.05) is 18.5 Å². The summed E-state index contributed by atoms with van der Waals surface area (Å²) in [7, 11) is 0. The van der Waals surface area contributed by atoms with Gasteiger partial charge in [-0.2, -0.15) is 18.3 Å². The average Bonchev–Trinajstić information content (AvgIpc) is 3.38. The Bertz CT molecular complexity index is 797. The Balaban J connectivity index is 1.55. The summed E-state index contributed by atoms with van der Waals surface area (Å²) in [6, 6.07) is 2.07. The van der Waals surface area contributed by atoms with Crippen molar-refractivity contribution < 1.29 is 27.1 Å². The average molecular weight is 384 g/mol. The minimum Gasteiger partial charge on any atom is -0.467 e. The van der Waals surface area contributed by atoms with E-state index >= 15 is 0 Å². The van der Waals surface area contributed by atoms with Gasteiger partial charge in [0.1, 0.15) is 11.6 Å². The topological polar surface area (TPSA) is 81.3 Å². The summed E-state index contributed by atoms with van der Waals surface area (Å²) in [5.74, 6) is 0.0120. The van der Waals surface area contributed by atoms with E-state index in [1.165, 1.54) is 12.3 Å². The van der Waals surface area contributed by atoms with Crippen LogP contribution in [0.15, 0.2) is 28.9 Å². The first-order valence-corrected chi connectivity index (χ1v) is 8.78. The molecule has 2 aromatic rings. The van der Waals surface area contributed by atoms with Gasteiger partial charge in [0.25, 0.3) is 5.91 Å². The van der Waals surface area contributed by atoms with Crippen molar-refractivity contribution in [2.45, 2.75) is 43.6 Å². The van der Waals surface area contributed by atoms with E-state index in [0.717, 1.165) is 17.5 Å². The van der Waals surface area contributed by atoms with Crippen LogP contribution in [0.2, 0.25) is 0 Å². The monoisotopic (exact) mass is 384 g/mol. The van der Waals surface area contributed by atoms with Gasteiger partial charge < -0.3 is 19.8 Å². The summed E-state index contributed by atoms with van der Waals surface area (Å²) in [6.45, 7) is 0.969. The maximum atomic E-state index is 13.6. The van der Waals surface area contributed by atoms with E-state index in [1.807, 2.05) is 0 Å². The first-order valence-electron chi connectivity index (χ1n) is 8.78. The predicted molar refractivity (Wildman–Crippen MR) is 88.3 cm³/mol. The van der Waals surface area contributed by atoms with Crippen LogP contribution in [0.25, 0.3) is 0 Å². The van der Waals surface area contributed by atoms with Gasteiger partial charge in [-0.25, -0.2) is 4.68 Å². The quantitative estimate of drug-likeness (QED) is 0.847. The summed E-state index contributed by atoms with van der Waals surface area (Å²) in [4.78, 5) is 12.3. The molecule has 0 aliphatic carbocycles. The van der Waals surface area contributed by atoms with Crippen molar-refractivity contribution in [1.29, 1.82) is 0 Å². The number of rotatable bonds is 4. The number of carbonyl (C=O) groups is 1. The number of nitrogens with zero attached hydrogens (tertiary/aromatic N) is 2. The number of halogens is 3. The minimum atomic E-state index is -4.50. The molecule has 0 bridgehead atoms. The number of furan rings is 1. The molecule has 0 aromatic carbocycles. The highest BCUT2D eigenvalue weighted by molar-refractivity contribution is 5.93. The fourth-order valence-electron chi connectivity index (χ4n) is 3.46. The fourth-order valence-corrected chi connectivity index (χ4v) is 3.46. The lowest BCUT2D eigenvalue weighted by Crippen LogP contribution is -2.36. The van der Waals surface area contributed by atoms with Gasteiger partial charge in [0, 0.05) is 25.6 Å². The van der Waals surface area contributed by atoms with Crippen LogP contribution in [-0.2, 0) is 4.74 Å². The van der Waals surface area contributed by atoms with E-state index in [4.69, 9.17) is 9.15 Å². The van der Waals surface area contributed by atoms with Crippen LogP contribution < -0.4 is 10.6 Å². The molecular weight excluding hydrogens is 365 g/mol. The highest BCUT2D eigenvalue weighted by Crippen LogP contribution is 2.43. The van der Waals surface area contributed by atoms with Gasteiger partial charge in [-0.1, -0.05) is 0 Å². The van der Waals surface area contributed by atoms with E-state index in [1.54, 1.807) is 12.1 Å². The standard InChI is InChI=1S/C17H19F3N4O3/c18-17(19,20)14-7-11(13-4-2-6-27-13)22-15-8-12(23-24(14)15)16(25)21-9-10-3-1-5-26-10/h2,4,6,8,10-11,14,22H,1,3,5,7,9H2,(H,21,25). The molecule has 2 aliphatic heterocycles. The number of amides is 1. The van der Waals surface area contributed by atoms with Crippen LogP contribution in [0.1, 0.15) is 47.6 Å². The van der Waals surface area contributed by atoms with Crippen molar-refractivity contribution >= 4 is 11.7 Å². The largest absolute Gasteiger partial charge is 0.467 e. The van der Waals surface area contributed by atoms with Crippen LogP contribution in [0.3, 0.4) is 0 Å². The zero-order valence-corrected chi connectivity index (χ0v) is 14.3. The summed E-state index contributed by atoms with van der Waals surface area (Å²) >= 11 is 0. The van der Waals surface area contributed by atoms with Gasteiger partial charge in [-0.05, 0) is 25.0 Å². The Kier molecular flexibility index (Phi) is 4.58. The van der Waals surface area contributed by atoms with Crippen LogP contribution in [0.5, 0.6) is 0 Å². The summed E-state index contributed by atoms with van der Waals surface area (Å²) in [5.41, 5.74) is -0.0650. The summed E-state index contributed by atoms with van der Waals surface area (Å²) < 4.78 is 52.2. The number of fused-ring (bicyclic) bond motifs is 1. The third kappa shape index (κ3) is 3.66. The van der Waals surface area contributed by atoms with Gasteiger partial charge in [-0.15, -0.1) is 0 Å². The van der Waals surface area contributed by atoms with Crippen molar-refractivity contribution in [2.24, 2.45) is 0 Å². The lowest BCUT2D eigenvalue weighted by molar-refractivity contribution is -0.174. The molecular formula is C17H19F3N4O3. The Hall–Kier alpha value is -2.49. The van der Waals surface area contributed by atoms with Crippen molar-refractivity contribution in [1.82, 2.24) is 15.1 Å². The second kappa shape index (κ2) is 6.91. The van der Waals surface area contributed by atoms with Gasteiger partial charge in [0.2, 0.25) is 0 Å². The molecule has 3 atom stereocenters. The maximum Gasteiger partial charge on any atom is 0.410 e. The molecule has 3 unspecified atom stereocenters. The van der Waals surface area contributed by atoms with E-state index < -0.39 is 24.2 Å². The number of nitrogens with one attached hydrogen (secondary N) is 2. The van der Waals surface area contributed by atoms with Gasteiger partial charge in [0.15, 0.2) is 11.7 Å². The number of anilines is 1. The van der Waals surface area contributed by atoms with E-state index in [0.29, 0.717) is 18.9 Å². The molecule has 1 fully saturated rings. The van der Waals surface area contributed by atoms with Crippen LogP contribution in [0, 0.1) is 0 Å². The molecule has 1 amide bonds. The minimum absolute atomic E-state index is 0.0597. The van der Waals surface area contributed by atoms with E-state index in [2.05, 4.69) is 15.7 Å². The molecule has 27 heavy (non-hydrogen) atoms. The number of aromatic nitrogens is 2. The number of carbonyl (C=O) groups excluding carboxylic acids is 1. The van der Waals surface area contributed by atoms with Crippen molar-refractivity contribution in [3.63, 3.8) is 0 Å². The molecule has 0 saturated carbocycles. The number of hydrogen-bond donors (Lipinski definition) is 2. The number of hydrogen-bond acceptors (Lipinski definition) is 5. The highest BCUT2D eigenvalue weighted by Gasteiger charge is 2.47. The van der Waals surface area contributed by atoms with Crippen molar-refractivity contribution in [3.8, 4) is 0 Å². The van der Waals surface area contributed by atoms with Crippen LogP contribution in [-0.4, -0.2) is 41.1 Å². The normalized spacial score (nSPS) is 25.1. The van der Waals surface area contributed by atoms with Crippen molar-refractivity contribution in [3.05, 3.63) is 35.9 Å². The van der Waals surface area contributed by atoms with E-state index in [-0.39, 0.29) is 24.0 Å². The third-order valence-electron chi connectivity index (χ3n) is 4.82. The molecule has 2 N–H and O–H groups in total.